The van der Waals surface area contributed by atoms with Crippen LogP contribution in [-0.4, -0.2) is 104 Å². The second-order valence-corrected chi connectivity index (χ2v) is 9.27. The Kier molecular flexibility index (Phi) is 21.1. The summed E-state index contributed by atoms with van der Waals surface area (Å²) in [7, 11) is 2.03. The molecule has 0 spiro atoms. The Morgan fingerprint density at radius 3 is 2.03 bits per heavy atom. The van der Waals surface area contributed by atoms with Gasteiger partial charge in [0.25, 0.3) is 0 Å². The zero-order valence-corrected chi connectivity index (χ0v) is 24.4. The summed E-state index contributed by atoms with van der Waals surface area (Å²) in [5.41, 5.74) is 2.85. The molecule has 3 N–H and O–H groups in total. The molecule has 10 nitrogen and oxygen atoms in total. The molecular weight excluding hydrogens is 524 g/mol. The van der Waals surface area contributed by atoms with E-state index in [9.17, 15) is 9.59 Å². The van der Waals surface area contributed by atoms with E-state index in [1.54, 1.807) is 6.92 Å². The maximum absolute atomic E-state index is 11.9. The highest BCUT2D eigenvalue weighted by molar-refractivity contribution is 6.18. The first kappa shape index (κ1) is 34.8. The van der Waals surface area contributed by atoms with Crippen LogP contribution in [-0.2, 0) is 35.1 Å². The molecule has 0 heterocycles. The van der Waals surface area contributed by atoms with Gasteiger partial charge in [-0.25, -0.2) is 0 Å². The molecule has 0 aromatic heterocycles. The van der Waals surface area contributed by atoms with Crippen molar-refractivity contribution in [2.75, 3.05) is 96.9 Å². The number of hydrogen-bond donors (Lipinski definition) is 3. The molecule has 39 heavy (non-hydrogen) atoms. The molecule has 0 bridgehead atoms. The number of nitrogens with one attached hydrogen (secondary N) is 3. The van der Waals surface area contributed by atoms with E-state index in [4.69, 9.17) is 30.5 Å². The molecule has 1 aromatic carbocycles. The lowest BCUT2D eigenvalue weighted by molar-refractivity contribution is -0.122. The summed E-state index contributed by atoms with van der Waals surface area (Å²) >= 11 is 5.79. The van der Waals surface area contributed by atoms with Crippen LogP contribution in [0, 0.1) is 0 Å². The number of carbonyl (C=O) groups is 2. The molecule has 0 unspecified atom stereocenters. The topological polar surface area (TPSA) is 110 Å². The molecule has 2 amide bonds. The van der Waals surface area contributed by atoms with Gasteiger partial charge >= 0.3 is 0 Å². The van der Waals surface area contributed by atoms with Gasteiger partial charge in [-0.1, -0.05) is 18.7 Å². The number of alkyl halides is 1. The lowest BCUT2D eigenvalue weighted by Gasteiger charge is -2.18. The summed E-state index contributed by atoms with van der Waals surface area (Å²) in [5, 5.41) is 9.00. The van der Waals surface area contributed by atoms with E-state index >= 15 is 0 Å². The van der Waals surface area contributed by atoms with E-state index < -0.39 is 0 Å². The number of halogens is 1. The normalized spacial score (nSPS) is 10.8. The Hall–Kier alpha value is -2.21. The maximum atomic E-state index is 11.9. The minimum absolute atomic E-state index is 0.0126. The van der Waals surface area contributed by atoms with Crippen molar-refractivity contribution in [1.82, 2.24) is 16.0 Å². The average Bonchev–Trinajstić information content (AvgIpc) is 2.93. The first-order chi connectivity index (χ1) is 18.9. The van der Waals surface area contributed by atoms with Crippen LogP contribution in [0.5, 0.6) is 0 Å². The van der Waals surface area contributed by atoms with Gasteiger partial charge in [0.15, 0.2) is 0 Å². The van der Waals surface area contributed by atoms with E-state index in [1.807, 2.05) is 7.05 Å². The molecule has 0 radical (unpaired) electrons. The largest absolute Gasteiger partial charge is 0.379 e. The fourth-order valence-electron chi connectivity index (χ4n) is 3.20. The second-order valence-electron chi connectivity index (χ2n) is 8.89. The quantitative estimate of drug-likeness (QED) is 0.0931. The summed E-state index contributed by atoms with van der Waals surface area (Å²) in [5.74, 6) is 0.428. The molecule has 11 heteroatoms. The molecular formula is C28H47ClN4O6. The van der Waals surface area contributed by atoms with Crippen molar-refractivity contribution in [2.24, 2.45) is 0 Å². The SMILES string of the molecule is C=C(C)C(=O)NCCOCCOCCOCCOCCC(=O)NCCCNCc1ccc(N(C)CCCl)cc1. The fourth-order valence-corrected chi connectivity index (χ4v) is 3.45. The van der Waals surface area contributed by atoms with Gasteiger partial charge in [0.1, 0.15) is 0 Å². The van der Waals surface area contributed by atoms with E-state index in [2.05, 4.69) is 51.7 Å². The molecule has 0 fully saturated rings. The van der Waals surface area contributed by atoms with Crippen LogP contribution in [0.15, 0.2) is 36.4 Å². The molecule has 0 atom stereocenters. The van der Waals surface area contributed by atoms with Crippen molar-refractivity contribution in [3.05, 3.63) is 42.0 Å². The third kappa shape index (κ3) is 19.5. The first-order valence-corrected chi connectivity index (χ1v) is 14.1. The van der Waals surface area contributed by atoms with Crippen molar-refractivity contribution in [3.63, 3.8) is 0 Å². The van der Waals surface area contributed by atoms with Crippen molar-refractivity contribution in [2.45, 2.75) is 26.3 Å². The Labute approximate surface area is 238 Å². The van der Waals surface area contributed by atoms with Gasteiger partial charge in [-0.05, 0) is 37.6 Å². The summed E-state index contributed by atoms with van der Waals surface area (Å²) in [6.45, 7) is 12.2. The Morgan fingerprint density at radius 2 is 1.44 bits per heavy atom. The van der Waals surface area contributed by atoms with Crippen LogP contribution < -0.4 is 20.9 Å². The zero-order valence-electron chi connectivity index (χ0n) is 23.6. The molecule has 0 saturated heterocycles. The van der Waals surface area contributed by atoms with Crippen molar-refractivity contribution < 1.29 is 28.5 Å². The van der Waals surface area contributed by atoms with Crippen LogP contribution in [0.25, 0.3) is 0 Å². The highest BCUT2D eigenvalue weighted by Gasteiger charge is 2.03. The van der Waals surface area contributed by atoms with E-state index in [-0.39, 0.29) is 11.8 Å². The van der Waals surface area contributed by atoms with E-state index in [0.717, 1.165) is 31.7 Å². The highest BCUT2D eigenvalue weighted by Crippen LogP contribution is 2.13. The van der Waals surface area contributed by atoms with Gasteiger partial charge in [0.05, 0.1) is 52.9 Å². The van der Waals surface area contributed by atoms with Crippen LogP contribution in [0.1, 0.15) is 25.3 Å². The smallest absolute Gasteiger partial charge is 0.246 e. The molecule has 222 valence electrons. The van der Waals surface area contributed by atoms with Gasteiger partial charge < -0.3 is 39.8 Å². The van der Waals surface area contributed by atoms with Crippen LogP contribution in [0.4, 0.5) is 5.69 Å². The minimum Gasteiger partial charge on any atom is -0.379 e. The summed E-state index contributed by atoms with van der Waals surface area (Å²) < 4.78 is 21.6. The molecule has 1 aromatic rings. The van der Waals surface area contributed by atoms with Crippen LogP contribution >= 0.6 is 11.6 Å². The molecule has 0 saturated carbocycles. The number of nitrogens with zero attached hydrogens (tertiary/aromatic N) is 1. The predicted molar refractivity (Wildman–Crippen MR) is 155 cm³/mol. The zero-order chi connectivity index (χ0) is 28.6. The lowest BCUT2D eigenvalue weighted by Crippen LogP contribution is -2.28. The predicted octanol–water partition coefficient (Wildman–Crippen LogP) is 2.11. The molecule has 0 aliphatic rings. The Balaban J connectivity index is 1.83. The molecule has 1 rings (SSSR count). The van der Waals surface area contributed by atoms with Crippen molar-refractivity contribution >= 4 is 29.1 Å². The third-order valence-electron chi connectivity index (χ3n) is 5.49. The first-order valence-electron chi connectivity index (χ1n) is 13.5. The highest BCUT2D eigenvalue weighted by atomic mass is 35.5. The monoisotopic (exact) mass is 570 g/mol. The van der Waals surface area contributed by atoms with Crippen LogP contribution in [0.2, 0.25) is 0 Å². The lowest BCUT2D eigenvalue weighted by atomic mass is 10.2. The summed E-state index contributed by atoms with van der Waals surface area (Å²) in [6.07, 6.45) is 1.19. The van der Waals surface area contributed by atoms with Gasteiger partial charge in [-0.3, -0.25) is 9.59 Å². The molecule has 0 aliphatic heterocycles. The average molecular weight is 571 g/mol. The van der Waals surface area contributed by atoms with Crippen molar-refractivity contribution in [3.8, 4) is 0 Å². The molecule has 0 aliphatic carbocycles. The van der Waals surface area contributed by atoms with E-state index in [1.165, 1.54) is 5.56 Å². The Bertz CT molecular complexity index is 797. The maximum Gasteiger partial charge on any atom is 0.246 e. The number of rotatable bonds is 25. The number of ether oxygens (including phenoxy) is 4. The third-order valence-corrected chi connectivity index (χ3v) is 5.66. The van der Waals surface area contributed by atoms with Crippen LogP contribution in [0.3, 0.4) is 0 Å². The number of carbonyl (C=O) groups excluding carboxylic acids is 2. The van der Waals surface area contributed by atoms with Gasteiger partial charge in [0, 0.05) is 56.8 Å². The Morgan fingerprint density at radius 1 is 0.846 bits per heavy atom. The second kappa shape index (κ2) is 23.7. The van der Waals surface area contributed by atoms with E-state index in [0.29, 0.717) is 83.8 Å². The van der Waals surface area contributed by atoms with Gasteiger partial charge in [-0.2, -0.15) is 0 Å². The standard InChI is InChI=1S/C28H47ClN4O6/c1-24(2)28(35)32-13-16-37-18-20-39-22-21-38-19-17-36-15-9-27(34)31-12-4-11-30-23-25-5-7-26(8-6-25)33(3)14-10-29/h5-8,30H,1,4,9-23H2,2-3H3,(H,31,34)(H,32,35). The fraction of sp³-hybridized carbons (Fsp3) is 0.643. The van der Waals surface area contributed by atoms with Gasteiger partial charge in [-0.15, -0.1) is 11.6 Å². The summed E-state index contributed by atoms with van der Waals surface area (Å²) in [4.78, 5) is 25.3. The number of anilines is 1. The minimum atomic E-state index is -0.167. The number of hydrogen-bond acceptors (Lipinski definition) is 8. The van der Waals surface area contributed by atoms with Crippen molar-refractivity contribution in [1.29, 1.82) is 0 Å². The van der Waals surface area contributed by atoms with Gasteiger partial charge in [0.2, 0.25) is 11.8 Å². The number of benzene rings is 1. The number of amides is 2. The summed E-state index contributed by atoms with van der Waals surface area (Å²) in [6, 6.07) is 8.43.